The molecule has 0 radical (unpaired) electrons. The first-order chi connectivity index (χ1) is 10.8. The molecule has 0 amide bonds. The Hall–Kier alpha value is -3.04. The van der Waals surface area contributed by atoms with E-state index in [2.05, 4.69) is 0 Å². The van der Waals surface area contributed by atoms with Crippen LogP contribution >= 0.6 is 0 Å². The second-order valence-electron chi connectivity index (χ2n) is 5.30. The molecule has 0 fully saturated rings. The van der Waals surface area contributed by atoms with E-state index in [9.17, 15) is 9.59 Å². The second kappa shape index (κ2) is 5.63. The molecule has 3 nitrogen and oxygen atoms in total. The van der Waals surface area contributed by atoms with Gasteiger partial charge >= 0.3 is 0 Å². The van der Waals surface area contributed by atoms with Crippen molar-refractivity contribution in [2.24, 2.45) is 0 Å². The monoisotopic (exact) mass is 301 g/mol. The van der Waals surface area contributed by atoms with Crippen LogP contribution in [0.1, 0.15) is 31.8 Å². The van der Waals surface area contributed by atoms with Gasteiger partial charge in [0.05, 0.1) is 0 Å². The predicted molar refractivity (Wildman–Crippen MR) is 90.2 cm³/mol. The molecule has 0 unspecified atom stereocenters. The third kappa shape index (κ3) is 2.18. The van der Waals surface area contributed by atoms with E-state index < -0.39 is 0 Å². The van der Waals surface area contributed by atoms with Crippen molar-refractivity contribution in [1.82, 2.24) is 6.15 Å². The molecule has 0 heterocycles. The summed E-state index contributed by atoms with van der Waals surface area (Å²) in [5.41, 5.74) is 3.74. The average Bonchev–Trinajstić information content (AvgIpc) is 2.60. The zero-order chi connectivity index (χ0) is 15.1. The summed E-state index contributed by atoms with van der Waals surface area (Å²) in [4.78, 5) is 25.6. The summed E-state index contributed by atoms with van der Waals surface area (Å²) in [6.45, 7) is 0. The number of hydrogen-bond acceptors (Lipinski definition) is 3. The molecule has 3 aromatic rings. The van der Waals surface area contributed by atoms with E-state index >= 15 is 0 Å². The Morgan fingerprint density at radius 2 is 1.00 bits per heavy atom. The average molecular weight is 301 g/mol. The van der Waals surface area contributed by atoms with Crippen LogP contribution in [0.25, 0.3) is 11.1 Å². The number of benzene rings is 3. The first-order valence-corrected chi connectivity index (χ1v) is 7.14. The molecule has 0 atom stereocenters. The number of rotatable bonds is 1. The molecule has 23 heavy (non-hydrogen) atoms. The molecule has 1 aliphatic carbocycles. The fourth-order valence-corrected chi connectivity index (χ4v) is 3.00. The maximum absolute atomic E-state index is 12.9. The third-order valence-electron chi connectivity index (χ3n) is 4.04. The maximum Gasteiger partial charge on any atom is 0.195 e. The van der Waals surface area contributed by atoms with Gasteiger partial charge < -0.3 is 6.15 Å². The van der Waals surface area contributed by atoms with Crippen molar-refractivity contribution >= 4 is 11.6 Å². The summed E-state index contributed by atoms with van der Waals surface area (Å²) in [6.07, 6.45) is 0. The van der Waals surface area contributed by atoms with Crippen molar-refractivity contribution in [2.75, 3.05) is 0 Å². The minimum Gasteiger partial charge on any atom is -0.344 e. The van der Waals surface area contributed by atoms with Gasteiger partial charge in [0, 0.05) is 22.3 Å². The Labute approximate surface area is 134 Å². The van der Waals surface area contributed by atoms with Crippen molar-refractivity contribution in [1.29, 1.82) is 0 Å². The van der Waals surface area contributed by atoms with Crippen LogP contribution in [0.2, 0.25) is 0 Å². The highest BCUT2D eigenvalue weighted by Crippen LogP contribution is 2.34. The van der Waals surface area contributed by atoms with Gasteiger partial charge in [-0.05, 0) is 11.1 Å². The largest absolute Gasteiger partial charge is 0.344 e. The van der Waals surface area contributed by atoms with E-state index in [1.54, 1.807) is 30.3 Å². The Morgan fingerprint density at radius 3 is 1.70 bits per heavy atom. The minimum atomic E-state index is -0.0806. The summed E-state index contributed by atoms with van der Waals surface area (Å²) in [6, 6.07) is 22.2. The highest BCUT2D eigenvalue weighted by molar-refractivity contribution is 6.30. The van der Waals surface area contributed by atoms with Crippen LogP contribution in [0, 0.1) is 0 Å². The van der Waals surface area contributed by atoms with E-state index in [0.717, 1.165) is 11.1 Å². The van der Waals surface area contributed by atoms with E-state index in [1.807, 2.05) is 42.5 Å². The normalized spacial score (nSPS) is 12.2. The zero-order valence-corrected chi connectivity index (χ0v) is 12.5. The zero-order valence-electron chi connectivity index (χ0n) is 12.5. The van der Waals surface area contributed by atoms with Gasteiger partial charge in [-0.25, -0.2) is 0 Å². The Bertz CT molecular complexity index is 914. The maximum atomic E-state index is 12.9. The smallest absolute Gasteiger partial charge is 0.195 e. The van der Waals surface area contributed by atoms with E-state index in [0.29, 0.717) is 22.3 Å². The van der Waals surface area contributed by atoms with Crippen LogP contribution < -0.4 is 6.15 Å². The van der Waals surface area contributed by atoms with Gasteiger partial charge in [-0.2, -0.15) is 0 Å². The Kier molecular flexibility index (Phi) is 3.64. The van der Waals surface area contributed by atoms with E-state index in [1.165, 1.54) is 0 Å². The molecule has 0 aliphatic heterocycles. The fraction of sp³-hybridized carbons (Fsp3) is 0. The number of ketones is 2. The van der Waals surface area contributed by atoms with Gasteiger partial charge in [0.15, 0.2) is 11.6 Å². The standard InChI is InChI=1S/C20H12O2.H3N/c21-19-15-9-4-5-10-16(15)20(22)18-14(11-6-12-17(18)19)13-7-2-1-3-8-13;/h1-12H;1H3. The molecular weight excluding hydrogens is 286 g/mol. The quantitative estimate of drug-likeness (QED) is 0.570. The summed E-state index contributed by atoms with van der Waals surface area (Å²) >= 11 is 0. The molecular formula is C20H15NO2. The van der Waals surface area contributed by atoms with Crippen LogP contribution in [0.3, 0.4) is 0 Å². The Balaban J connectivity index is 0.00000156. The minimum absolute atomic E-state index is 0. The molecule has 0 aromatic heterocycles. The van der Waals surface area contributed by atoms with Crippen LogP contribution in [0.5, 0.6) is 0 Å². The van der Waals surface area contributed by atoms with Gasteiger partial charge in [0.25, 0.3) is 0 Å². The molecule has 0 spiro atoms. The van der Waals surface area contributed by atoms with Crippen LogP contribution in [0.15, 0.2) is 72.8 Å². The predicted octanol–water partition coefficient (Wildman–Crippen LogP) is 4.29. The number of fused-ring (bicyclic) bond motifs is 2. The lowest BCUT2D eigenvalue weighted by molar-refractivity contribution is 0.0979. The van der Waals surface area contributed by atoms with Crippen molar-refractivity contribution in [3.05, 3.63) is 95.1 Å². The summed E-state index contributed by atoms with van der Waals surface area (Å²) in [5.74, 6) is -0.160. The van der Waals surface area contributed by atoms with Crippen molar-refractivity contribution in [2.45, 2.75) is 0 Å². The molecule has 3 aromatic carbocycles. The number of hydrogen-bond donors (Lipinski definition) is 1. The highest BCUT2D eigenvalue weighted by atomic mass is 16.1. The van der Waals surface area contributed by atoms with Gasteiger partial charge in [0.2, 0.25) is 0 Å². The molecule has 0 bridgehead atoms. The Morgan fingerprint density at radius 1 is 0.478 bits per heavy atom. The lowest BCUT2D eigenvalue weighted by Crippen LogP contribution is -2.21. The summed E-state index contributed by atoms with van der Waals surface area (Å²) < 4.78 is 0. The summed E-state index contributed by atoms with van der Waals surface area (Å²) in [5, 5.41) is 0. The third-order valence-corrected chi connectivity index (χ3v) is 4.04. The molecule has 3 heteroatoms. The van der Waals surface area contributed by atoms with Crippen LogP contribution in [-0.4, -0.2) is 11.6 Å². The van der Waals surface area contributed by atoms with Crippen LogP contribution in [-0.2, 0) is 0 Å². The van der Waals surface area contributed by atoms with E-state index in [4.69, 9.17) is 0 Å². The molecule has 4 rings (SSSR count). The molecule has 0 saturated carbocycles. The fourth-order valence-electron chi connectivity index (χ4n) is 3.00. The van der Waals surface area contributed by atoms with Crippen molar-refractivity contribution in [3.8, 4) is 11.1 Å². The van der Waals surface area contributed by atoms with Crippen molar-refractivity contribution in [3.63, 3.8) is 0 Å². The van der Waals surface area contributed by atoms with Gasteiger partial charge in [-0.15, -0.1) is 0 Å². The van der Waals surface area contributed by atoms with Crippen LogP contribution in [0.4, 0.5) is 0 Å². The second-order valence-corrected chi connectivity index (χ2v) is 5.30. The first-order valence-electron chi connectivity index (χ1n) is 7.14. The number of carbonyl (C=O) groups is 2. The van der Waals surface area contributed by atoms with E-state index in [-0.39, 0.29) is 17.7 Å². The van der Waals surface area contributed by atoms with Gasteiger partial charge in [0.1, 0.15) is 0 Å². The lowest BCUT2D eigenvalue weighted by atomic mass is 9.80. The SMILES string of the molecule is N.O=C1c2ccccc2C(=O)c2c1cccc2-c1ccccc1. The molecule has 3 N–H and O–H groups in total. The molecule has 112 valence electrons. The first kappa shape index (κ1) is 14.9. The number of carbonyl (C=O) groups excluding carboxylic acids is 2. The lowest BCUT2D eigenvalue weighted by Gasteiger charge is -2.20. The van der Waals surface area contributed by atoms with Gasteiger partial charge in [-0.3, -0.25) is 9.59 Å². The summed E-state index contributed by atoms with van der Waals surface area (Å²) in [7, 11) is 0. The topological polar surface area (TPSA) is 69.1 Å². The highest BCUT2D eigenvalue weighted by Gasteiger charge is 2.31. The molecule has 1 aliphatic rings. The molecule has 0 saturated heterocycles. The van der Waals surface area contributed by atoms with Gasteiger partial charge in [-0.1, -0.05) is 72.8 Å². The van der Waals surface area contributed by atoms with Crippen molar-refractivity contribution < 1.29 is 9.59 Å².